The molecule has 0 aromatic carbocycles. The van der Waals surface area contributed by atoms with Crippen LogP contribution in [0.15, 0.2) is 0 Å². The SMILES string of the molecule is NC1COCC1C(=O)N1CCCCC1C(=O)O. The predicted octanol–water partition coefficient (Wildman–Crippen LogP) is -0.574. The molecule has 2 aliphatic rings. The molecule has 2 fully saturated rings. The van der Waals surface area contributed by atoms with Gasteiger partial charge in [-0.05, 0) is 19.3 Å². The van der Waals surface area contributed by atoms with E-state index in [4.69, 9.17) is 15.6 Å². The Labute approximate surface area is 99.7 Å². The highest BCUT2D eigenvalue weighted by Gasteiger charge is 2.39. The Balaban J connectivity index is 2.08. The fraction of sp³-hybridized carbons (Fsp3) is 0.818. The lowest BCUT2D eigenvalue weighted by Crippen LogP contribution is -2.52. The molecule has 2 aliphatic heterocycles. The monoisotopic (exact) mass is 242 g/mol. The quantitative estimate of drug-likeness (QED) is 0.676. The molecule has 1 amide bonds. The maximum absolute atomic E-state index is 12.2. The Bertz CT molecular complexity index is 321. The predicted molar refractivity (Wildman–Crippen MR) is 59.3 cm³/mol. The van der Waals surface area contributed by atoms with Crippen molar-refractivity contribution in [3.63, 3.8) is 0 Å². The first-order chi connectivity index (χ1) is 8.11. The van der Waals surface area contributed by atoms with E-state index in [1.807, 2.05) is 0 Å². The number of carbonyl (C=O) groups excluding carboxylic acids is 1. The molecule has 96 valence electrons. The minimum Gasteiger partial charge on any atom is -0.480 e. The van der Waals surface area contributed by atoms with Crippen LogP contribution in [-0.2, 0) is 14.3 Å². The molecule has 0 aromatic heterocycles. The Morgan fingerprint density at radius 3 is 2.65 bits per heavy atom. The van der Waals surface area contributed by atoms with Crippen LogP contribution in [0.2, 0.25) is 0 Å². The lowest BCUT2D eigenvalue weighted by atomic mass is 9.97. The summed E-state index contributed by atoms with van der Waals surface area (Å²) in [6, 6.07) is -0.997. The number of hydrogen-bond donors (Lipinski definition) is 2. The lowest BCUT2D eigenvalue weighted by molar-refractivity contribution is -0.154. The van der Waals surface area contributed by atoms with Gasteiger partial charge >= 0.3 is 5.97 Å². The molecule has 0 aliphatic carbocycles. The molecular formula is C11H18N2O4. The van der Waals surface area contributed by atoms with Crippen LogP contribution in [0.25, 0.3) is 0 Å². The number of hydrogen-bond acceptors (Lipinski definition) is 4. The van der Waals surface area contributed by atoms with Gasteiger partial charge < -0.3 is 20.5 Å². The van der Waals surface area contributed by atoms with Crippen LogP contribution < -0.4 is 5.73 Å². The Kier molecular flexibility index (Phi) is 3.63. The highest BCUT2D eigenvalue weighted by atomic mass is 16.5. The van der Waals surface area contributed by atoms with Crippen molar-refractivity contribution < 1.29 is 19.4 Å². The van der Waals surface area contributed by atoms with Crippen molar-refractivity contribution >= 4 is 11.9 Å². The number of piperidine rings is 1. The molecule has 6 heteroatoms. The van der Waals surface area contributed by atoms with Gasteiger partial charge in [0.2, 0.25) is 5.91 Å². The fourth-order valence-electron chi connectivity index (χ4n) is 2.49. The second kappa shape index (κ2) is 5.01. The number of rotatable bonds is 2. The minimum atomic E-state index is -0.925. The normalized spacial score (nSPS) is 33.7. The molecular weight excluding hydrogens is 224 g/mol. The average molecular weight is 242 g/mol. The molecule has 2 heterocycles. The molecule has 2 saturated heterocycles. The van der Waals surface area contributed by atoms with E-state index < -0.39 is 12.0 Å². The largest absolute Gasteiger partial charge is 0.480 e. The molecule has 3 N–H and O–H groups in total. The van der Waals surface area contributed by atoms with Crippen LogP contribution in [0.5, 0.6) is 0 Å². The van der Waals surface area contributed by atoms with Crippen molar-refractivity contribution in [3.05, 3.63) is 0 Å². The van der Waals surface area contributed by atoms with E-state index in [-0.39, 0.29) is 17.9 Å². The molecule has 0 spiro atoms. The van der Waals surface area contributed by atoms with E-state index in [0.29, 0.717) is 26.2 Å². The van der Waals surface area contributed by atoms with Gasteiger partial charge in [0.15, 0.2) is 0 Å². The third kappa shape index (κ3) is 2.42. The molecule has 0 aromatic rings. The molecule has 0 bridgehead atoms. The van der Waals surface area contributed by atoms with Crippen LogP contribution in [0.3, 0.4) is 0 Å². The lowest BCUT2D eigenvalue weighted by Gasteiger charge is -2.35. The second-order valence-electron chi connectivity index (χ2n) is 4.69. The van der Waals surface area contributed by atoms with Gasteiger partial charge in [-0.25, -0.2) is 4.79 Å². The summed E-state index contributed by atoms with van der Waals surface area (Å²) in [6.45, 7) is 1.20. The van der Waals surface area contributed by atoms with Crippen molar-refractivity contribution in [2.75, 3.05) is 19.8 Å². The number of likely N-dealkylation sites (tertiary alicyclic amines) is 1. The zero-order chi connectivity index (χ0) is 12.4. The van der Waals surface area contributed by atoms with Crippen LogP contribution >= 0.6 is 0 Å². The zero-order valence-corrected chi connectivity index (χ0v) is 9.67. The molecule has 3 unspecified atom stereocenters. The van der Waals surface area contributed by atoms with Gasteiger partial charge in [-0.15, -0.1) is 0 Å². The number of nitrogens with zero attached hydrogens (tertiary/aromatic N) is 1. The maximum atomic E-state index is 12.2. The smallest absolute Gasteiger partial charge is 0.326 e. The Morgan fingerprint density at radius 2 is 2.06 bits per heavy atom. The summed E-state index contributed by atoms with van der Waals surface area (Å²) >= 11 is 0. The maximum Gasteiger partial charge on any atom is 0.326 e. The number of amides is 1. The third-order valence-electron chi connectivity index (χ3n) is 3.51. The summed E-state index contributed by atoms with van der Waals surface area (Å²) in [5.74, 6) is -1.47. The summed E-state index contributed by atoms with van der Waals surface area (Å²) in [6.07, 6.45) is 2.25. The van der Waals surface area contributed by atoms with Gasteiger partial charge in [-0.3, -0.25) is 4.79 Å². The second-order valence-corrected chi connectivity index (χ2v) is 4.69. The van der Waals surface area contributed by atoms with Crippen molar-refractivity contribution in [3.8, 4) is 0 Å². The minimum absolute atomic E-state index is 0.165. The number of ether oxygens (including phenoxy) is 1. The van der Waals surface area contributed by atoms with Crippen LogP contribution in [0.1, 0.15) is 19.3 Å². The molecule has 6 nitrogen and oxygen atoms in total. The molecule has 0 radical (unpaired) electrons. The summed E-state index contributed by atoms with van der Waals surface area (Å²) in [5.41, 5.74) is 5.79. The molecule has 0 saturated carbocycles. The van der Waals surface area contributed by atoms with E-state index >= 15 is 0 Å². The van der Waals surface area contributed by atoms with E-state index in [2.05, 4.69) is 0 Å². The van der Waals surface area contributed by atoms with Crippen LogP contribution in [-0.4, -0.2) is 53.7 Å². The Hall–Kier alpha value is -1.14. The van der Waals surface area contributed by atoms with Gasteiger partial charge in [0.25, 0.3) is 0 Å². The van der Waals surface area contributed by atoms with Crippen molar-refractivity contribution in [1.82, 2.24) is 4.90 Å². The van der Waals surface area contributed by atoms with E-state index in [1.54, 1.807) is 0 Å². The number of carbonyl (C=O) groups is 2. The van der Waals surface area contributed by atoms with Crippen molar-refractivity contribution in [1.29, 1.82) is 0 Å². The standard InChI is InChI=1S/C11H18N2O4/c12-8-6-17-5-7(8)10(14)13-4-2-1-3-9(13)11(15)16/h7-9H,1-6,12H2,(H,15,16). The van der Waals surface area contributed by atoms with Gasteiger partial charge in [-0.2, -0.15) is 0 Å². The van der Waals surface area contributed by atoms with Gasteiger partial charge in [0, 0.05) is 12.6 Å². The van der Waals surface area contributed by atoms with E-state index in [0.717, 1.165) is 12.8 Å². The average Bonchev–Trinajstić information content (AvgIpc) is 2.74. The Morgan fingerprint density at radius 1 is 1.29 bits per heavy atom. The van der Waals surface area contributed by atoms with E-state index in [1.165, 1.54) is 4.90 Å². The molecule has 2 rings (SSSR count). The number of aliphatic carboxylic acids is 1. The van der Waals surface area contributed by atoms with Crippen LogP contribution in [0.4, 0.5) is 0 Å². The van der Waals surface area contributed by atoms with Gasteiger partial charge in [0.05, 0.1) is 19.1 Å². The van der Waals surface area contributed by atoms with Crippen LogP contribution in [0, 0.1) is 5.92 Å². The van der Waals surface area contributed by atoms with Gasteiger partial charge in [0.1, 0.15) is 6.04 Å². The first-order valence-corrected chi connectivity index (χ1v) is 5.98. The number of carboxylic acids is 1. The number of carboxylic acid groups (broad SMARTS) is 1. The van der Waals surface area contributed by atoms with Gasteiger partial charge in [-0.1, -0.05) is 0 Å². The summed E-state index contributed by atoms with van der Waals surface area (Å²) < 4.78 is 5.16. The topological polar surface area (TPSA) is 92.9 Å². The summed E-state index contributed by atoms with van der Waals surface area (Å²) in [5, 5.41) is 9.11. The zero-order valence-electron chi connectivity index (χ0n) is 9.67. The number of nitrogens with two attached hydrogens (primary N) is 1. The summed E-state index contributed by atoms with van der Waals surface area (Å²) in [4.78, 5) is 24.8. The fourth-order valence-corrected chi connectivity index (χ4v) is 2.49. The highest BCUT2D eigenvalue weighted by molar-refractivity contribution is 5.86. The van der Waals surface area contributed by atoms with Crippen molar-refractivity contribution in [2.24, 2.45) is 11.7 Å². The molecule has 17 heavy (non-hydrogen) atoms. The highest BCUT2D eigenvalue weighted by Crippen LogP contribution is 2.22. The third-order valence-corrected chi connectivity index (χ3v) is 3.51. The van der Waals surface area contributed by atoms with Crippen molar-refractivity contribution in [2.45, 2.75) is 31.3 Å². The molecule has 3 atom stereocenters. The van der Waals surface area contributed by atoms with E-state index in [9.17, 15) is 9.59 Å². The first kappa shape index (κ1) is 12.3. The first-order valence-electron chi connectivity index (χ1n) is 5.98. The summed E-state index contributed by atoms with van der Waals surface area (Å²) in [7, 11) is 0.